The van der Waals surface area contributed by atoms with Crippen LogP contribution >= 0.6 is 35.0 Å². The highest BCUT2D eigenvalue weighted by atomic mass is 35.5. The molecule has 0 saturated heterocycles. The summed E-state index contributed by atoms with van der Waals surface area (Å²) in [7, 11) is 0. The molecule has 3 rings (SSSR count). The molecule has 5 heteroatoms. The molecule has 2 aromatic rings. The lowest BCUT2D eigenvalue weighted by Gasteiger charge is -2.20. The van der Waals surface area contributed by atoms with Crippen molar-refractivity contribution in [3.63, 3.8) is 0 Å². The molecule has 0 N–H and O–H groups in total. The van der Waals surface area contributed by atoms with E-state index in [0.717, 1.165) is 16.3 Å². The zero-order valence-electron chi connectivity index (χ0n) is 10.9. The second kappa shape index (κ2) is 6.11. The minimum Gasteiger partial charge on any atom is -0.254 e. The summed E-state index contributed by atoms with van der Waals surface area (Å²) < 4.78 is 0. The molecule has 1 heterocycles. The van der Waals surface area contributed by atoms with Crippen molar-refractivity contribution in [1.82, 2.24) is 0 Å². The zero-order chi connectivity index (χ0) is 14.8. The first-order chi connectivity index (χ1) is 10.2. The fraction of sp³-hybridized carbons (Fsp3) is 0.125. The van der Waals surface area contributed by atoms with Gasteiger partial charge in [-0.3, -0.25) is 4.99 Å². The van der Waals surface area contributed by atoms with Gasteiger partial charge in [-0.2, -0.15) is 5.26 Å². The van der Waals surface area contributed by atoms with Crippen molar-refractivity contribution in [2.24, 2.45) is 4.99 Å². The highest BCUT2D eigenvalue weighted by molar-refractivity contribution is 8.00. The third-order valence-electron chi connectivity index (χ3n) is 3.26. The lowest BCUT2D eigenvalue weighted by Crippen LogP contribution is -2.16. The van der Waals surface area contributed by atoms with Crippen LogP contribution in [0.1, 0.15) is 11.5 Å². The van der Waals surface area contributed by atoms with Gasteiger partial charge in [-0.1, -0.05) is 41.4 Å². The summed E-state index contributed by atoms with van der Waals surface area (Å²) in [6.07, 6.45) is 0. The molecule has 1 aliphatic heterocycles. The Morgan fingerprint density at radius 3 is 2.52 bits per heavy atom. The molecule has 0 amide bonds. The fourth-order valence-corrected chi connectivity index (χ4v) is 3.84. The SMILES string of the molecule is N#CC(C1=Nc2ccccc2SC1)c1c(Cl)cccc1Cl. The summed E-state index contributed by atoms with van der Waals surface area (Å²) in [6, 6.07) is 15.5. The van der Waals surface area contributed by atoms with Gasteiger partial charge in [-0.05, 0) is 24.3 Å². The van der Waals surface area contributed by atoms with E-state index in [0.29, 0.717) is 21.4 Å². The van der Waals surface area contributed by atoms with Crippen molar-refractivity contribution in [1.29, 1.82) is 5.26 Å². The Morgan fingerprint density at radius 2 is 1.81 bits per heavy atom. The number of fused-ring (bicyclic) bond motifs is 1. The number of nitrogens with zero attached hydrogens (tertiary/aromatic N) is 2. The standard InChI is InChI=1S/C16H10Cl2N2S/c17-11-4-3-5-12(18)16(11)10(8-19)14-9-21-15-7-2-1-6-13(15)20-14/h1-7,10H,9H2. The first-order valence-electron chi connectivity index (χ1n) is 6.33. The van der Waals surface area contributed by atoms with Crippen LogP contribution < -0.4 is 0 Å². The summed E-state index contributed by atoms with van der Waals surface area (Å²) in [5, 5.41) is 10.6. The molecule has 2 nitrogen and oxygen atoms in total. The maximum absolute atomic E-state index is 9.57. The Labute approximate surface area is 137 Å². The van der Waals surface area contributed by atoms with E-state index in [4.69, 9.17) is 23.2 Å². The Balaban J connectivity index is 2.07. The van der Waals surface area contributed by atoms with E-state index in [2.05, 4.69) is 11.1 Å². The molecule has 21 heavy (non-hydrogen) atoms. The summed E-state index contributed by atoms with van der Waals surface area (Å²) in [6.45, 7) is 0. The van der Waals surface area contributed by atoms with Gasteiger partial charge in [-0.25, -0.2) is 0 Å². The van der Waals surface area contributed by atoms with Crippen LogP contribution in [0.2, 0.25) is 10.0 Å². The lowest BCUT2D eigenvalue weighted by molar-refractivity contribution is 1.12. The molecule has 0 bridgehead atoms. The molecule has 1 atom stereocenters. The van der Waals surface area contributed by atoms with Crippen LogP contribution in [0.25, 0.3) is 0 Å². The smallest absolute Gasteiger partial charge is 0.113 e. The minimum absolute atomic E-state index is 0.501. The highest BCUT2D eigenvalue weighted by Crippen LogP contribution is 2.39. The monoisotopic (exact) mass is 332 g/mol. The number of thioether (sulfide) groups is 1. The maximum Gasteiger partial charge on any atom is 0.113 e. The van der Waals surface area contributed by atoms with Crippen LogP contribution in [-0.4, -0.2) is 11.5 Å². The molecular weight excluding hydrogens is 323 g/mol. The molecule has 0 aliphatic carbocycles. The van der Waals surface area contributed by atoms with Gasteiger partial charge in [-0.15, -0.1) is 11.8 Å². The summed E-state index contributed by atoms with van der Waals surface area (Å²) >= 11 is 14.1. The Bertz CT molecular complexity index is 745. The Morgan fingerprint density at radius 1 is 1.10 bits per heavy atom. The van der Waals surface area contributed by atoms with E-state index in [1.807, 2.05) is 24.3 Å². The van der Waals surface area contributed by atoms with Crippen molar-refractivity contribution < 1.29 is 0 Å². The molecule has 104 valence electrons. The number of para-hydroxylation sites is 1. The minimum atomic E-state index is -0.521. The molecule has 0 aromatic heterocycles. The number of aliphatic imine (C=N–C) groups is 1. The molecule has 0 saturated carbocycles. The zero-order valence-corrected chi connectivity index (χ0v) is 13.2. The van der Waals surface area contributed by atoms with Crippen LogP contribution in [-0.2, 0) is 0 Å². The van der Waals surface area contributed by atoms with Gasteiger partial charge in [0.2, 0.25) is 0 Å². The predicted molar refractivity (Wildman–Crippen MR) is 89.1 cm³/mol. The Hall–Kier alpha value is -1.47. The van der Waals surface area contributed by atoms with E-state index in [1.165, 1.54) is 0 Å². The fourth-order valence-electron chi connectivity index (χ4n) is 2.25. The first kappa shape index (κ1) is 14.5. The molecule has 1 unspecified atom stereocenters. The van der Waals surface area contributed by atoms with E-state index >= 15 is 0 Å². The molecule has 0 spiro atoms. The third-order valence-corrected chi connectivity index (χ3v) is 5.01. The number of rotatable bonds is 2. The molecular formula is C16H10Cl2N2S. The van der Waals surface area contributed by atoms with Gasteiger partial charge in [0.1, 0.15) is 5.92 Å². The van der Waals surface area contributed by atoms with Crippen molar-refractivity contribution in [2.45, 2.75) is 10.8 Å². The van der Waals surface area contributed by atoms with Crippen LogP contribution in [0.15, 0.2) is 52.4 Å². The van der Waals surface area contributed by atoms with Gasteiger partial charge in [0.25, 0.3) is 0 Å². The molecule has 1 aliphatic rings. The quantitative estimate of drug-likeness (QED) is 0.730. The number of hydrogen-bond acceptors (Lipinski definition) is 3. The second-order valence-electron chi connectivity index (χ2n) is 4.56. The number of hydrogen-bond donors (Lipinski definition) is 0. The van der Waals surface area contributed by atoms with Gasteiger partial charge in [0.15, 0.2) is 0 Å². The van der Waals surface area contributed by atoms with E-state index in [1.54, 1.807) is 30.0 Å². The van der Waals surface area contributed by atoms with E-state index < -0.39 is 5.92 Å². The molecule has 0 radical (unpaired) electrons. The number of halogens is 2. The van der Waals surface area contributed by atoms with Crippen LogP contribution in [0.5, 0.6) is 0 Å². The average Bonchev–Trinajstić information content (AvgIpc) is 2.50. The second-order valence-corrected chi connectivity index (χ2v) is 6.39. The van der Waals surface area contributed by atoms with Crippen molar-refractivity contribution >= 4 is 46.4 Å². The Kier molecular flexibility index (Phi) is 4.21. The lowest BCUT2D eigenvalue weighted by atomic mass is 9.95. The maximum atomic E-state index is 9.57. The molecule has 2 aromatic carbocycles. The number of nitriles is 1. The van der Waals surface area contributed by atoms with Crippen LogP contribution in [0.3, 0.4) is 0 Å². The van der Waals surface area contributed by atoms with Gasteiger partial charge in [0.05, 0.1) is 17.5 Å². The predicted octanol–water partition coefficient (Wildman–Crippen LogP) is 5.48. The van der Waals surface area contributed by atoms with Gasteiger partial charge < -0.3 is 0 Å². The van der Waals surface area contributed by atoms with E-state index in [-0.39, 0.29) is 0 Å². The summed E-state index contributed by atoms with van der Waals surface area (Å²) in [5.41, 5.74) is 2.32. The third kappa shape index (κ3) is 2.80. The average molecular weight is 333 g/mol. The van der Waals surface area contributed by atoms with Crippen molar-refractivity contribution in [3.8, 4) is 6.07 Å². The van der Waals surface area contributed by atoms with Crippen molar-refractivity contribution in [2.75, 3.05) is 5.75 Å². The van der Waals surface area contributed by atoms with Crippen LogP contribution in [0.4, 0.5) is 5.69 Å². The van der Waals surface area contributed by atoms with Crippen molar-refractivity contribution in [3.05, 3.63) is 58.1 Å². The topological polar surface area (TPSA) is 36.1 Å². The van der Waals surface area contributed by atoms with Crippen LogP contribution in [0, 0.1) is 11.3 Å². The van der Waals surface area contributed by atoms with E-state index in [9.17, 15) is 5.26 Å². The first-order valence-corrected chi connectivity index (χ1v) is 8.07. The largest absolute Gasteiger partial charge is 0.254 e. The van der Waals surface area contributed by atoms with Gasteiger partial charge in [0, 0.05) is 26.3 Å². The number of benzene rings is 2. The normalized spacial score (nSPS) is 14.8. The van der Waals surface area contributed by atoms with Gasteiger partial charge >= 0.3 is 0 Å². The summed E-state index contributed by atoms with van der Waals surface area (Å²) in [4.78, 5) is 5.76. The summed E-state index contributed by atoms with van der Waals surface area (Å²) in [5.74, 6) is 0.142. The molecule has 0 fully saturated rings. The highest BCUT2D eigenvalue weighted by Gasteiger charge is 2.25.